The Bertz CT molecular complexity index is 578. The Morgan fingerprint density at radius 3 is 2.47 bits per heavy atom. The van der Waals surface area contributed by atoms with Crippen LogP contribution < -0.4 is 5.32 Å². The van der Waals surface area contributed by atoms with Crippen molar-refractivity contribution in [1.82, 2.24) is 5.32 Å². The van der Waals surface area contributed by atoms with Crippen LogP contribution in [0, 0.1) is 25.5 Å². The fourth-order valence-corrected chi connectivity index (χ4v) is 2.15. The van der Waals surface area contributed by atoms with Crippen LogP contribution in [-0.2, 0) is 0 Å². The molecule has 1 aromatic carbocycles. The van der Waals surface area contributed by atoms with Gasteiger partial charge in [0.25, 0.3) is 0 Å². The van der Waals surface area contributed by atoms with Gasteiger partial charge in [0.15, 0.2) is 0 Å². The number of nitrogens with one attached hydrogen (secondary N) is 1. The van der Waals surface area contributed by atoms with Crippen molar-refractivity contribution in [1.29, 1.82) is 0 Å². The predicted octanol–water partition coefficient (Wildman–Crippen LogP) is 3.87. The van der Waals surface area contributed by atoms with E-state index in [4.69, 9.17) is 4.42 Å². The van der Waals surface area contributed by atoms with Crippen molar-refractivity contribution in [2.24, 2.45) is 0 Å². The van der Waals surface area contributed by atoms with E-state index in [0.29, 0.717) is 17.9 Å². The summed E-state index contributed by atoms with van der Waals surface area (Å²) in [7, 11) is 0. The summed E-state index contributed by atoms with van der Waals surface area (Å²) >= 11 is 0. The van der Waals surface area contributed by atoms with Crippen LogP contribution in [0.3, 0.4) is 0 Å². The smallest absolute Gasteiger partial charge is 0.134 e. The van der Waals surface area contributed by atoms with E-state index in [9.17, 15) is 8.78 Å². The second-order valence-corrected chi connectivity index (χ2v) is 4.55. The molecule has 0 saturated heterocycles. The average molecular weight is 265 g/mol. The van der Waals surface area contributed by atoms with Gasteiger partial charge in [0.05, 0.1) is 12.3 Å². The second kappa shape index (κ2) is 5.53. The number of benzene rings is 1. The highest BCUT2D eigenvalue weighted by Crippen LogP contribution is 2.30. The van der Waals surface area contributed by atoms with E-state index in [-0.39, 0.29) is 5.56 Å². The van der Waals surface area contributed by atoms with Crippen molar-refractivity contribution in [2.45, 2.75) is 26.8 Å². The normalized spacial score (nSPS) is 12.7. The monoisotopic (exact) mass is 265 g/mol. The summed E-state index contributed by atoms with van der Waals surface area (Å²) in [6.07, 6.45) is 1.53. The lowest BCUT2D eigenvalue weighted by Gasteiger charge is -2.19. The largest absolute Gasteiger partial charge is 0.467 e. The maximum atomic E-state index is 14.2. The van der Waals surface area contributed by atoms with Gasteiger partial charge in [0.1, 0.15) is 17.4 Å². The van der Waals surface area contributed by atoms with Crippen LogP contribution in [0.4, 0.5) is 8.78 Å². The van der Waals surface area contributed by atoms with Crippen molar-refractivity contribution in [2.75, 3.05) is 6.54 Å². The first-order valence-corrected chi connectivity index (χ1v) is 6.28. The summed E-state index contributed by atoms with van der Waals surface area (Å²) in [6, 6.07) is 3.90. The minimum absolute atomic E-state index is 0.0138. The van der Waals surface area contributed by atoms with E-state index in [2.05, 4.69) is 5.32 Å². The van der Waals surface area contributed by atoms with Gasteiger partial charge in [-0.1, -0.05) is 13.0 Å². The van der Waals surface area contributed by atoms with Crippen molar-refractivity contribution >= 4 is 0 Å². The fourth-order valence-electron chi connectivity index (χ4n) is 2.15. The lowest BCUT2D eigenvalue weighted by molar-refractivity contribution is 0.424. The molecular formula is C15H17F2NO. The highest BCUT2D eigenvalue weighted by atomic mass is 19.1. The van der Waals surface area contributed by atoms with Crippen molar-refractivity contribution in [3.05, 3.63) is 58.5 Å². The van der Waals surface area contributed by atoms with E-state index in [1.165, 1.54) is 18.4 Å². The van der Waals surface area contributed by atoms with E-state index in [1.807, 2.05) is 13.8 Å². The third-order valence-electron chi connectivity index (χ3n) is 3.18. The molecule has 102 valence electrons. The van der Waals surface area contributed by atoms with Gasteiger partial charge in [-0.3, -0.25) is 0 Å². The Hall–Kier alpha value is -1.68. The third kappa shape index (κ3) is 2.54. The fraction of sp³-hybridized carbons (Fsp3) is 0.333. The number of hydrogen-bond acceptors (Lipinski definition) is 2. The highest BCUT2D eigenvalue weighted by molar-refractivity contribution is 5.35. The van der Waals surface area contributed by atoms with Crippen LogP contribution in [0.1, 0.15) is 35.4 Å². The lowest BCUT2D eigenvalue weighted by atomic mass is 9.98. The van der Waals surface area contributed by atoms with E-state index in [1.54, 1.807) is 13.0 Å². The second-order valence-electron chi connectivity index (χ2n) is 4.55. The molecule has 1 aromatic heterocycles. The zero-order chi connectivity index (χ0) is 14.0. The summed E-state index contributed by atoms with van der Waals surface area (Å²) in [4.78, 5) is 0. The zero-order valence-electron chi connectivity index (χ0n) is 11.3. The van der Waals surface area contributed by atoms with Crippen LogP contribution in [-0.4, -0.2) is 6.54 Å². The summed E-state index contributed by atoms with van der Waals surface area (Å²) in [5.41, 5.74) is 1.30. The third-order valence-corrected chi connectivity index (χ3v) is 3.18. The summed E-state index contributed by atoms with van der Waals surface area (Å²) in [5.74, 6) is -0.545. The summed E-state index contributed by atoms with van der Waals surface area (Å²) < 4.78 is 33.6. The minimum Gasteiger partial charge on any atom is -0.467 e. The average Bonchev–Trinajstić information content (AvgIpc) is 2.79. The molecule has 0 saturated carbocycles. The van der Waals surface area contributed by atoms with Crippen LogP contribution in [0.5, 0.6) is 0 Å². The molecule has 19 heavy (non-hydrogen) atoms. The molecule has 1 N–H and O–H groups in total. The molecule has 2 aromatic rings. The van der Waals surface area contributed by atoms with Crippen molar-refractivity contribution in [3.8, 4) is 0 Å². The quantitative estimate of drug-likeness (QED) is 0.907. The molecule has 0 radical (unpaired) electrons. The number of rotatable bonds is 4. The Labute approximate surface area is 111 Å². The molecule has 0 bridgehead atoms. The molecule has 2 nitrogen and oxygen atoms in total. The Morgan fingerprint density at radius 1 is 1.16 bits per heavy atom. The molecule has 1 heterocycles. The Kier molecular flexibility index (Phi) is 4.00. The lowest BCUT2D eigenvalue weighted by Crippen LogP contribution is -2.24. The number of hydrogen-bond donors (Lipinski definition) is 1. The van der Waals surface area contributed by atoms with Gasteiger partial charge in [0.2, 0.25) is 0 Å². The molecule has 1 atom stereocenters. The summed E-state index contributed by atoms with van der Waals surface area (Å²) in [6.45, 7) is 5.94. The molecular weight excluding hydrogens is 248 g/mol. The van der Waals surface area contributed by atoms with Crippen LogP contribution >= 0.6 is 0 Å². The first kappa shape index (κ1) is 13.7. The van der Waals surface area contributed by atoms with Gasteiger partial charge in [-0.2, -0.15) is 0 Å². The highest BCUT2D eigenvalue weighted by Gasteiger charge is 2.25. The molecule has 0 aliphatic heterocycles. The van der Waals surface area contributed by atoms with E-state index >= 15 is 0 Å². The Balaban J connectivity index is 2.57. The predicted molar refractivity (Wildman–Crippen MR) is 70.1 cm³/mol. The molecule has 0 aliphatic carbocycles. The first-order chi connectivity index (χ1) is 9.06. The van der Waals surface area contributed by atoms with Gasteiger partial charge in [0, 0.05) is 5.56 Å². The maximum Gasteiger partial charge on any atom is 0.134 e. The number of aryl methyl sites for hydroxylation is 2. The molecule has 0 spiro atoms. The molecule has 0 fully saturated rings. The van der Waals surface area contributed by atoms with Crippen LogP contribution in [0.15, 0.2) is 28.9 Å². The van der Waals surface area contributed by atoms with Gasteiger partial charge < -0.3 is 9.73 Å². The van der Waals surface area contributed by atoms with Gasteiger partial charge in [-0.25, -0.2) is 8.78 Å². The molecule has 4 heteroatoms. The van der Waals surface area contributed by atoms with Crippen LogP contribution in [0.2, 0.25) is 0 Å². The summed E-state index contributed by atoms with van der Waals surface area (Å²) in [5, 5.41) is 3.08. The first-order valence-electron chi connectivity index (χ1n) is 6.28. The Morgan fingerprint density at radius 2 is 1.89 bits per heavy atom. The van der Waals surface area contributed by atoms with Crippen molar-refractivity contribution in [3.63, 3.8) is 0 Å². The molecule has 1 unspecified atom stereocenters. The van der Waals surface area contributed by atoms with Gasteiger partial charge in [-0.15, -0.1) is 0 Å². The zero-order valence-corrected chi connectivity index (χ0v) is 11.3. The SMILES string of the molecule is CCNC(c1occc1C)c1c(F)ccc(C)c1F. The maximum absolute atomic E-state index is 14.2. The van der Waals surface area contributed by atoms with E-state index in [0.717, 1.165) is 5.56 Å². The van der Waals surface area contributed by atoms with Crippen LogP contribution in [0.25, 0.3) is 0 Å². The topological polar surface area (TPSA) is 25.2 Å². The number of halogens is 2. The molecule has 0 aliphatic rings. The van der Waals surface area contributed by atoms with Gasteiger partial charge >= 0.3 is 0 Å². The van der Waals surface area contributed by atoms with E-state index < -0.39 is 17.7 Å². The standard InChI is InChI=1S/C15H17F2NO/c1-4-18-14(15-10(3)7-8-19-15)12-11(16)6-5-9(2)13(12)17/h5-8,14,18H,4H2,1-3H3. The number of furan rings is 1. The molecule has 2 rings (SSSR count). The molecule has 0 amide bonds. The van der Waals surface area contributed by atoms with Crippen molar-refractivity contribution < 1.29 is 13.2 Å². The minimum atomic E-state index is -0.611. The van der Waals surface area contributed by atoms with Gasteiger partial charge in [-0.05, 0) is 43.7 Å².